The molecule has 5 rings (SSSR count). The molecule has 0 radical (unpaired) electrons. The Balaban J connectivity index is 1.44. The zero-order valence-corrected chi connectivity index (χ0v) is 18.8. The second kappa shape index (κ2) is 8.57. The number of benzene rings is 4. The summed E-state index contributed by atoms with van der Waals surface area (Å²) in [5.41, 5.74) is 5.99. The zero-order chi connectivity index (χ0) is 23.8. The van der Waals surface area contributed by atoms with E-state index < -0.39 is 5.97 Å². The van der Waals surface area contributed by atoms with Crippen LogP contribution in [0, 0.1) is 6.92 Å². The number of rotatable bonds is 5. The number of ether oxygens (including phenoxy) is 1. The average molecular weight is 471 g/mol. The summed E-state index contributed by atoms with van der Waals surface area (Å²) >= 11 is 6.57. The number of aromatic nitrogens is 2. The molecule has 0 unspecified atom stereocenters. The highest BCUT2D eigenvalue weighted by molar-refractivity contribution is 6.34. The van der Waals surface area contributed by atoms with Crippen molar-refractivity contribution in [2.24, 2.45) is 0 Å². The molecule has 0 aliphatic rings. The third kappa shape index (κ3) is 4.19. The Morgan fingerprint density at radius 3 is 2.24 bits per heavy atom. The third-order valence-electron chi connectivity index (χ3n) is 5.60. The number of H-pyrrole nitrogens is 1. The first-order chi connectivity index (χ1) is 16.4. The Hall–Kier alpha value is -4.29. The number of nitrogens with one attached hydrogen (secondary N) is 1. The highest BCUT2D eigenvalue weighted by Gasteiger charge is 2.13. The molecule has 0 amide bonds. The highest BCUT2D eigenvalue weighted by Crippen LogP contribution is 2.34. The first kappa shape index (κ1) is 21.6. The maximum Gasteiger partial charge on any atom is 0.336 e. The number of fused-ring (bicyclic) bond motifs is 1. The first-order valence-electron chi connectivity index (χ1n) is 10.5. The molecule has 0 saturated carbocycles. The van der Waals surface area contributed by atoms with Gasteiger partial charge in [-0.2, -0.15) is 4.98 Å². The van der Waals surface area contributed by atoms with Gasteiger partial charge in [-0.3, -0.25) is 0 Å². The molecular weight excluding hydrogens is 452 g/mol. The van der Waals surface area contributed by atoms with Crippen molar-refractivity contribution in [1.29, 1.82) is 0 Å². The number of carboxylic acids is 1. The average Bonchev–Trinajstić information content (AvgIpc) is 3.21. The van der Waals surface area contributed by atoms with Gasteiger partial charge in [-0.15, -0.1) is 0 Å². The Morgan fingerprint density at radius 2 is 1.56 bits per heavy atom. The molecule has 0 atom stereocenters. The molecule has 3 N–H and O–H groups in total. The molecule has 0 saturated heterocycles. The quantitative estimate of drug-likeness (QED) is 0.255. The van der Waals surface area contributed by atoms with E-state index >= 15 is 0 Å². The van der Waals surface area contributed by atoms with Crippen LogP contribution in [0.25, 0.3) is 33.3 Å². The van der Waals surface area contributed by atoms with Crippen molar-refractivity contribution in [2.75, 3.05) is 0 Å². The summed E-state index contributed by atoms with van der Waals surface area (Å²) in [7, 11) is 0. The molecule has 4 aromatic carbocycles. The van der Waals surface area contributed by atoms with E-state index in [0.717, 1.165) is 22.3 Å². The van der Waals surface area contributed by atoms with E-state index in [2.05, 4.69) is 9.97 Å². The molecule has 168 valence electrons. The van der Waals surface area contributed by atoms with Crippen molar-refractivity contribution in [3.8, 4) is 39.8 Å². The number of aromatic carboxylic acids is 1. The second-order valence-electron chi connectivity index (χ2n) is 7.90. The molecule has 0 bridgehead atoms. The molecule has 0 spiro atoms. The normalized spacial score (nSPS) is 11.0. The number of hydrogen-bond donors (Lipinski definition) is 3. The van der Waals surface area contributed by atoms with Crippen molar-refractivity contribution < 1.29 is 19.7 Å². The van der Waals surface area contributed by atoms with Crippen LogP contribution in [-0.4, -0.2) is 26.2 Å². The van der Waals surface area contributed by atoms with Gasteiger partial charge in [0.25, 0.3) is 6.01 Å². The van der Waals surface area contributed by atoms with E-state index in [9.17, 15) is 15.0 Å². The van der Waals surface area contributed by atoms with Crippen LogP contribution in [0.5, 0.6) is 17.5 Å². The second-order valence-corrected chi connectivity index (χ2v) is 8.31. The summed E-state index contributed by atoms with van der Waals surface area (Å²) in [4.78, 5) is 19.0. The number of phenols is 1. The van der Waals surface area contributed by atoms with Crippen LogP contribution in [0.1, 0.15) is 15.9 Å². The van der Waals surface area contributed by atoms with Crippen molar-refractivity contribution in [3.63, 3.8) is 0 Å². The largest absolute Gasteiger partial charge is 0.508 e. The molecule has 6 nitrogen and oxygen atoms in total. The van der Waals surface area contributed by atoms with Crippen molar-refractivity contribution in [3.05, 3.63) is 95.0 Å². The van der Waals surface area contributed by atoms with Crippen LogP contribution in [-0.2, 0) is 0 Å². The lowest BCUT2D eigenvalue weighted by Gasteiger charge is -2.07. The fourth-order valence-corrected chi connectivity index (χ4v) is 4.05. The lowest BCUT2D eigenvalue weighted by Crippen LogP contribution is -2.00. The van der Waals surface area contributed by atoms with Crippen LogP contribution >= 0.6 is 11.6 Å². The SMILES string of the molecule is Cc1ccc(Oc2nc3cc(-c4ccc(-c5ccc(O)cc5)cc4)c(Cl)cc3[nH]2)cc1C(=O)O. The Bertz CT molecular complexity index is 1520. The predicted octanol–water partition coefficient (Wildman–Crippen LogP) is 7.05. The van der Waals surface area contributed by atoms with Crippen LogP contribution in [0.4, 0.5) is 0 Å². The lowest BCUT2D eigenvalue weighted by atomic mass is 10.00. The standard InChI is InChI=1S/C27H19ClN2O4/c1-15-2-11-20(12-21(15)26(32)33)34-27-29-24-13-22(23(28)14-25(24)30-27)18-5-3-16(4-6-18)17-7-9-19(31)10-8-17/h2-14,31H,1H3,(H,29,30)(H,32,33). The zero-order valence-electron chi connectivity index (χ0n) is 18.0. The van der Waals surface area contributed by atoms with Gasteiger partial charge < -0.3 is 19.9 Å². The van der Waals surface area contributed by atoms with E-state index in [1.807, 2.05) is 42.5 Å². The molecule has 1 heterocycles. The van der Waals surface area contributed by atoms with Crippen LogP contribution in [0.3, 0.4) is 0 Å². The van der Waals surface area contributed by atoms with Crippen molar-refractivity contribution in [1.82, 2.24) is 9.97 Å². The first-order valence-corrected chi connectivity index (χ1v) is 10.9. The molecular formula is C27H19ClN2O4. The molecule has 0 fully saturated rings. The summed E-state index contributed by atoms with van der Waals surface area (Å²) in [6, 6.07) is 23.8. The monoisotopic (exact) mass is 470 g/mol. The number of carboxylic acid groups (broad SMARTS) is 1. The highest BCUT2D eigenvalue weighted by atomic mass is 35.5. The van der Waals surface area contributed by atoms with E-state index in [-0.39, 0.29) is 17.3 Å². The summed E-state index contributed by atoms with van der Waals surface area (Å²) in [5.74, 6) is -0.411. The number of hydrogen-bond acceptors (Lipinski definition) is 4. The molecule has 34 heavy (non-hydrogen) atoms. The predicted molar refractivity (Wildman–Crippen MR) is 132 cm³/mol. The van der Waals surface area contributed by atoms with E-state index in [1.54, 1.807) is 37.3 Å². The maximum atomic E-state index is 11.4. The molecule has 1 aromatic heterocycles. The number of imidazole rings is 1. The Kier molecular flexibility index (Phi) is 5.43. The van der Waals surface area contributed by atoms with Gasteiger partial charge in [-0.05, 0) is 65.6 Å². The number of nitrogens with zero attached hydrogens (tertiary/aromatic N) is 1. The van der Waals surface area contributed by atoms with Gasteiger partial charge in [-0.25, -0.2) is 4.79 Å². The smallest absolute Gasteiger partial charge is 0.336 e. The van der Waals surface area contributed by atoms with Crippen LogP contribution in [0.2, 0.25) is 5.02 Å². The van der Waals surface area contributed by atoms with Gasteiger partial charge in [0.05, 0.1) is 21.6 Å². The summed E-state index contributed by atoms with van der Waals surface area (Å²) in [6.07, 6.45) is 0. The molecule has 0 aliphatic carbocycles. The fraction of sp³-hybridized carbons (Fsp3) is 0.0370. The Morgan fingerprint density at radius 1 is 0.912 bits per heavy atom. The fourth-order valence-electron chi connectivity index (χ4n) is 3.78. The van der Waals surface area contributed by atoms with Crippen LogP contribution in [0.15, 0.2) is 78.9 Å². The summed E-state index contributed by atoms with van der Waals surface area (Å²) in [6.45, 7) is 1.73. The van der Waals surface area contributed by atoms with Gasteiger partial charge in [0.2, 0.25) is 0 Å². The number of halogens is 1. The number of aryl methyl sites for hydroxylation is 1. The van der Waals surface area contributed by atoms with Gasteiger partial charge in [-0.1, -0.05) is 54.1 Å². The van der Waals surface area contributed by atoms with E-state index in [1.165, 1.54) is 6.07 Å². The molecule has 7 heteroatoms. The lowest BCUT2D eigenvalue weighted by molar-refractivity contribution is 0.0695. The van der Waals surface area contributed by atoms with Gasteiger partial charge in [0.1, 0.15) is 11.5 Å². The molecule has 5 aromatic rings. The van der Waals surface area contributed by atoms with Gasteiger partial charge in [0.15, 0.2) is 0 Å². The maximum absolute atomic E-state index is 11.4. The topological polar surface area (TPSA) is 95.4 Å². The number of carbonyl (C=O) groups is 1. The number of aromatic hydroxyl groups is 1. The number of aromatic amines is 1. The Labute approximate surface area is 200 Å². The van der Waals surface area contributed by atoms with E-state index in [4.69, 9.17) is 16.3 Å². The minimum absolute atomic E-state index is 0.176. The van der Waals surface area contributed by atoms with E-state index in [0.29, 0.717) is 27.4 Å². The number of phenolic OH excluding ortho intramolecular Hbond substituents is 1. The summed E-state index contributed by atoms with van der Waals surface area (Å²) < 4.78 is 5.78. The third-order valence-corrected chi connectivity index (χ3v) is 5.91. The summed E-state index contributed by atoms with van der Waals surface area (Å²) in [5, 5.41) is 19.4. The van der Waals surface area contributed by atoms with Gasteiger partial charge >= 0.3 is 5.97 Å². The van der Waals surface area contributed by atoms with Crippen molar-refractivity contribution in [2.45, 2.75) is 6.92 Å². The minimum atomic E-state index is -1.01. The van der Waals surface area contributed by atoms with Crippen LogP contribution < -0.4 is 4.74 Å². The molecule has 0 aliphatic heterocycles. The minimum Gasteiger partial charge on any atom is -0.508 e. The van der Waals surface area contributed by atoms with Gasteiger partial charge in [0, 0.05) is 5.56 Å². The van der Waals surface area contributed by atoms with Crippen molar-refractivity contribution >= 4 is 28.6 Å².